The van der Waals surface area contributed by atoms with Crippen LogP contribution in [0.4, 0.5) is 10.5 Å². The number of hydrogen-bond acceptors (Lipinski definition) is 3. The summed E-state index contributed by atoms with van der Waals surface area (Å²) < 4.78 is 0. The van der Waals surface area contributed by atoms with Gasteiger partial charge in [-0.15, -0.1) is 0 Å². The van der Waals surface area contributed by atoms with E-state index in [2.05, 4.69) is 27.7 Å². The first-order valence-corrected chi connectivity index (χ1v) is 8.38. The van der Waals surface area contributed by atoms with Crippen molar-refractivity contribution in [1.82, 2.24) is 10.6 Å². The summed E-state index contributed by atoms with van der Waals surface area (Å²) in [4.78, 5) is 14.3. The Morgan fingerprint density at radius 1 is 1.35 bits per heavy atom. The number of nitrogens with one attached hydrogen (secondary N) is 2. The monoisotopic (exact) mass is 319 g/mol. The Kier molecular flexibility index (Phi) is 5.88. The first-order valence-electron chi connectivity index (χ1n) is 8.38. The van der Waals surface area contributed by atoms with Gasteiger partial charge in [-0.3, -0.25) is 0 Å². The van der Waals surface area contributed by atoms with E-state index in [0.29, 0.717) is 0 Å². The molecule has 128 valence electrons. The molecule has 2 rings (SSSR count). The molecule has 0 radical (unpaired) electrons. The van der Waals surface area contributed by atoms with Gasteiger partial charge in [0.2, 0.25) is 0 Å². The van der Waals surface area contributed by atoms with Crippen molar-refractivity contribution < 1.29 is 9.90 Å². The van der Waals surface area contributed by atoms with Crippen molar-refractivity contribution in [2.45, 2.75) is 45.8 Å². The molecule has 0 bridgehead atoms. The van der Waals surface area contributed by atoms with Crippen LogP contribution < -0.4 is 15.5 Å². The number of carbonyl (C=O) groups is 1. The predicted octanol–water partition coefficient (Wildman–Crippen LogP) is 2.36. The molecule has 1 heterocycles. The van der Waals surface area contributed by atoms with Gasteiger partial charge in [0.05, 0.1) is 6.10 Å². The SMILES string of the molecule is CC(C)(C)C(O)CNC(=O)NC1CCCN(c2ccccc2)C1. The molecule has 1 aromatic carbocycles. The van der Waals surface area contributed by atoms with E-state index in [9.17, 15) is 9.90 Å². The van der Waals surface area contributed by atoms with Gasteiger partial charge in [0.1, 0.15) is 0 Å². The maximum Gasteiger partial charge on any atom is 0.315 e. The topological polar surface area (TPSA) is 64.6 Å². The average Bonchev–Trinajstić information content (AvgIpc) is 2.53. The molecule has 0 saturated carbocycles. The van der Waals surface area contributed by atoms with Crippen LogP contribution in [0.5, 0.6) is 0 Å². The minimum atomic E-state index is -0.555. The molecule has 1 aliphatic rings. The largest absolute Gasteiger partial charge is 0.391 e. The Hall–Kier alpha value is -1.75. The number of rotatable bonds is 4. The number of amides is 2. The van der Waals surface area contributed by atoms with Crippen LogP contribution in [0.1, 0.15) is 33.6 Å². The summed E-state index contributed by atoms with van der Waals surface area (Å²) in [6.07, 6.45) is 1.49. The Bertz CT molecular complexity index is 499. The minimum Gasteiger partial charge on any atom is -0.391 e. The lowest BCUT2D eigenvalue weighted by atomic mass is 9.89. The third-order valence-electron chi connectivity index (χ3n) is 4.33. The number of para-hydroxylation sites is 1. The highest BCUT2D eigenvalue weighted by Gasteiger charge is 2.24. The summed E-state index contributed by atoms with van der Waals surface area (Å²) in [5, 5.41) is 15.8. The number of piperidine rings is 1. The lowest BCUT2D eigenvalue weighted by Crippen LogP contribution is -2.52. The zero-order chi connectivity index (χ0) is 16.9. The zero-order valence-corrected chi connectivity index (χ0v) is 14.4. The van der Waals surface area contributed by atoms with Crippen molar-refractivity contribution in [1.29, 1.82) is 0 Å². The maximum absolute atomic E-state index is 12.0. The Morgan fingerprint density at radius 3 is 2.70 bits per heavy atom. The van der Waals surface area contributed by atoms with Gasteiger partial charge in [-0.2, -0.15) is 0 Å². The van der Waals surface area contributed by atoms with Crippen LogP contribution in [0, 0.1) is 5.41 Å². The van der Waals surface area contributed by atoms with Crippen molar-refractivity contribution in [3.05, 3.63) is 30.3 Å². The van der Waals surface area contributed by atoms with Crippen LogP contribution >= 0.6 is 0 Å². The fraction of sp³-hybridized carbons (Fsp3) is 0.611. The first kappa shape index (κ1) is 17.6. The van der Waals surface area contributed by atoms with E-state index in [-0.39, 0.29) is 24.0 Å². The van der Waals surface area contributed by atoms with Crippen molar-refractivity contribution in [3.63, 3.8) is 0 Å². The van der Waals surface area contributed by atoms with Crippen LogP contribution in [0.2, 0.25) is 0 Å². The molecule has 5 heteroatoms. The average molecular weight is 319 g/mol. The second kappa shape index (κ2) is 7.68. The van der Waals surface area contributed by atoms with Crippen LogP contribution in [0.3, 0.4) is 0 Å². The fourth-order valence-corrected chi connectivity index (χ4v) is 2.70. The fourth-order valence-electron chi connectivity index (χ4n) is 2.70. The first-order chi connectivity index (χ1) is 10.9. The molecule has 3 N–H and O–H groups in total. The molecule has 0 aromatic heterocycles. The molecule has 2 atom stereocenters. The summed E-state index contributed by atoms with van der Waals surface area (Å²) in [6, 6.07) is 10.2. The molecule has 2 amide bonds. The molecule has 0 aliphatic carbocycles. The predicted molar refractivity (Wildman–Crippen MR) is 93.7 cm³/mol. The molecule has 23 heavy (non-hydrogen) atoms. The summed E-state index contributed by atoms with van der Waals surface area (Å²) >= 11 is 0. The van der Waals surface area contributed by atoms with Gasteiger partial charge in [-0.1, -0.05) is 39.0 Å². The number of nitrogens with zero attached hydrogens (tertiary/aromatic N) is 1. The van der Waals surface area contributed by atoms with Gasteiger partial charge in [0.25, 0.3) is 0 Å². The molecule has 2 unspecified atom stereocenters. The van der Waals surface area contributed by atoms with Gasteiger partial charge in [-0.05, 0) is 30.4 Å². The van der Waals surface area contributed by atoms with E-state index in [0.717, 1.165) is 25.9 Å². The van der Waals surface area contributed by atoms with Crippen molar-refractivity contribution >= 4 is 11.7 Å². The lowest BCUT2D eigenvalue weighted by molar-refractivity contribution is 0.0648. The molecule has 1 aromatic rings. The molecular formula is C18H29N3O2. The highest BCUT2D eigenvalue weighted by Crippen LogP contribution is 2.20. The second-order valence-electron chi connectivity index (χ2n) is 7.36. The van der Waals surface area contributed by atoms with E-state index in [1.165, 1.54) is 5.69 Å². The van der Waals surface area contributed by atoms with Gasteiger partial charge in [-0.25, -0.2) is 4.79 Å². The smallest absolute Gasteiger partial charge is 0.315 e. The summed E-state index contributed by atoms with van der Waals surface area (Å²) in [5.41, 5.74) is 0.963. The number of hydrogen-bond donors (Lipinski definition) is 3. The molecule has 1 aliphatic heterocycles. The Morgan fingerprint density at radius 2 is 2.04 bits per heavy atom. The number of benzene rings is 1. The Labute approximate surface area is 139 Å². The quantitative estimate of drug-likeness (QED) is 0.798. The van der Waals surface area contributed by atoms with Gasteiger partial charge < -0.3 is 20.6 Å². The van der Waals surface area contributed by atoms with E-state index >= 15 is 0 Å². The van der Waals surface area contributed by atoms with E-state index < -0.39 is 6.10 Å². The van der Waals surface area contributed by atoms with Gasteiger partial charge >= 0.3 is 6.03 Å². The van der Waals surface area contributed by atoms with E-state index in [1.807, 2.05) is 39.0 Å². The van der Waals surface area contributed by atoms with Crippen LogP contribution in [0.25, 0.3) is 0 Å². The number of urea groups is 1. The third-order valence-corrected chi connectivity index (χ3v) is 4.33. The normalized spacial score (nSPS) is 20.0. The molecular weight excluding hydrogens is 290 g/mol. The highest BCUT2D eigenvalue weighted by molar-refractivity contribution is 5.74. The lowest BCUT2D eigenvalue weighted by Gasteiger charge is -2.35. The standard InChI is InChI=1S/C18H29N3O2/c1-18(2,3)16(22)12-19-17(23)20-14-8-7-11-21(13-14)15-9-5-4-6-10-15/h4-6,9-10,14,16,22H,7-8,11-13H2,1-3H3,(H2,19,20,23). The molecule has 5 nitrogen and oxygen atoms in total. The van der Waals surface area contributed by atoms with Crippen LogP contribution in [-0.2, 0) is 0 Å². The van der Waals surface area contributed by atoms with Crippen molar-refractivity contribution in [2.24, 2.45) is 5.41 Å². The zero-order valence-electron chi connectivity index (χ0n) is 14.4. The third kappa shape index (κ3) is 5.43. The van der Waals surface area contributed by atoms with Crippen molar-refractivity contribution in [2.75, 3.05) is 24.5 Å². The number of aliphatic hydroxyl groups is 1. The molecule has 1 saturated heterocycles. The minimum absolute atomic E-state index is 0.135. The number of aliphatic hydroxyl groups excluding tert-OH is 1. The second-order valence-corrected chi connectivity index (χ2v) is 7.36. The summed E-state index contributed by atoms with van der Waals surface area (Å²) in [6.45, 7) is 7.97. The maximum atomic E-state index is 12.0. The van der Waals surface area contributed by atoms with Crippen LogP contribution in [-0.4, -0.2) is 42.9 Å². The Balaban J connectivity index is 1.80. The molecule has 0 spiro atoms. The summed E-state index contributed by atoms with van der Waals surface area (Å²) in [7, 11) is 0. The number of carbonyl (C=O) groups excluding carboxylic acids is 1. The summed E-state index contributed by atoms with van der Waals surface area (Å²) in [5.74, 6) is 0. The van der Waals surface area contributed by atoms with E-state index in [4.69, 9.17) is 0 Å². The molecule has 1 fully saturated rings. The highest BCUT2D eigenvalue weighted by atomic mass is 16.3. The van der Waals surface area contributed by atoms with Gasteiger partial charge in [0, 0.05) is 31.4 Å². The van der Waals surface area contributed by atoms with Gasteiger partial charge in [0.15, 0.2) is 0 Å². The van der Waals surface area contributed by atoms with Crippen LogP contribution in [0.15, 0.2) is 30.3 Å². The van der Waals surface area contributed by atoms with E-state index in [1.54, 1.807) is 0 Å². The van der Waals surface area contributed by atoms with Crippen molar-refractivity contribution in [3.8, 4) is 0 Å². The number of anilines is 1.